The van der Waals surface area contributed by atoms with Crippen molar-refractivity contribution >= 4 is 29.1 Å². The van der Waals surface area contributed by atoms with Crippen LogP contribution in [-0.2, 0) is 13.2 Å². The van der Waals surface area contributed by atoms with Crippen LogP contribution in [0.5, 0.6) is 0 Å². The summed E-state index contributed by atoms with van der Waals surface area (Å²) in [5.74, 6) is -0.233. The van der Waals surface area contributed by atoms with Crippen molar-refractivity contribution in [1.29, 1.82) is 0 Å². The van der Waals surface area contributed by atoms with E-state index in [1.807, 2.05) is 31.2 Å². The number of rotatable bonds is 5. The molecule has 0 fully saturated rings. The third kappa shape index (κ3) is 4.86. The second-order valence-electron chi connectivity index (χ2n) is 6.19. The zero-order valence-corrected chi connectivity index (χ0v) is 16.2. The summed E-state index contributed by atoms with van der Waals surface area (Å²) in [5, 5.41) is 13.3. The Labute approximate surface area is 167 Å². The first-order valence-corrected chi connectivity index (χ1v) is 9.12. The molecule has 2 N–H and O–H groups in total. The molecule has 0 aliphatic carbocycles. The van der Waals surface area contributed by atoms with Gasteiger partial charge in [0.25, 0.3) is 5.91 Å². The van der Waals surface area contributed by atoms with Crippen LogP contribution in [0, 0.1) is 6.92 Å². The van der Waals surface area contributed by atoms with Gasteiger partial charge in [0.2, 0.25) is 0 Å². The minimum Gasteiger partial charge on any atom is -0.392 e. The van der Waals surface area contributed by atoms with Gasteiger partial charge in [-0.2, -0.15) is 0 Å². The largest absolute Gasteiger partial charge is 0.392 e. The molecule has 3 aromatic rings. The van der Waals surface area contributed by atoms with E-state index in [4.69, 9.17) is 23.2 Å². The van der Waals surface area contributed by atoms with Crippen LogP contribution in [-0.4, -0.2) is 16.0 Å². The SMILES string of the molecule is Cc1cc(-c2cc(CO)cc(C(=O)NCc3ccc(Cl)c(Cl)c3)c2)ccn1. The summed E-state index contributed by atoms with van der Waals surface area (Å²) in [4.78, 5) is 16.8. The Kier molecular flexibility index (Phi) is 6.11. The van der Waals surface area contributed by atoms with Gasteiger partial charge in [-0.15, -0.1) is 0 Å². The number of benzene rings is 2. The lowest BCUT2D eigenvalue weighted by Crippen LogP contribution is -2.23. The fourth-order valence-electron chi connectivity index (χ4n) is 2.74. The zero-order chi connectivity index (χ0) is 19.4. The summed E-state index contributed by atoms with van der Waals surface area (Å²) in [7, 11) is 0. The number of amides is 1. The summed E-state index contributed by atoms with van der Waals surface area (Å²) in [6, 6.07) is 14.4. The van der Waals surface area contributed by atoms with Crippen molar-refractivity contribution in [3.05, 3.63) is 87.2 Å². The Morgan fingerprint density at radius 2 is 1.81 bits per heavy atom. The van der Waals surface area contributed by atoms with Crippen LogP contribution in [0.1, 0.15) is 27.2 Å². The number of nitrogens with one attached hydrogen (secondary N) is 1. The normalized spacial score (nSPS) is 10.7. The number of aliphatic hydroxyl groups is 1. The minimum atomic E-state index is -0.233. The monoisotopic (exact) mass is 400 g/mol. The van der Waals surface area contributed by atoms with E-state index in [-0.39, 0.29) is 12.5 Å². The number of aryl methyl sites for hydroxylation is 1. The minimum absolute atomic E-state index is 0.148. The van der Waals surface area contributed by atoms with Crippen molar-refractivity contribution < 1.29 is 9.90 Å². The molecule has 138 valence electrons. The van der Waals surface area contributed by atoms with Gasteiger partial charge in [-0.3, -0.25) is 9.78 Å². The van der Waals surface area contributed by atoms with Crippen LogP contribution in [0.4, 0.5) is 0 Å². The third-order valence-electron chi connectivity index (χ3n) is 4.10. The number of hydrogen-bond acceptors (Lipinski definition) is 3. The highest BCUT2D eigenvalue weighted by Gasteiger charge is 2.11. The molecule has 6 heteroatoms. The van der Waals surface area contributed by atoms with E-state index in [1.165, 1.54) is 0 Å². The van der Waals surface area contributed by atoms with Crippen molar-refractivity contribution in [2.75, 3.05) is 0 Å². The van der Waals surface area contributed by atoms with Crippen molar-refractivity contribution in [2.45, 2.75) is 20.1 Å². The van der Waals surface area contributed by atoms with Crippen LogP contribution < -0.4 is 5.32 Å². The topological polar surface area (TPSA) is 62.2 Å². The number of aliphatic hydroxyl groups excluding tert-OH is 1. The van der Waals surface area contributed by atoms with Gasteiger partial charge in [0, 0.05) is 24.0 Å². The first-order chi connectivity index (χ1) is 13.0. The van der Waals surface area contributed by atoms with Gasteiger partial charge in [0.05, 0.1) is 16.7 Å². The van der Waals surface area contributed by atoms with Crippen molar-refractivity contribution in [3.8, 4) is 11.1 Å². The smallest absolute Gasteiger partial charge is 0.251 e. The summed E-state index contributed by atoms with van der Waals surface area (Å²) in [6.45, 7) is 2.08. The number of halogens is 2. The molecule has 0 atom stereocenters. The summed E-state index contributed by atoms with van der Waals surface area (Å²) in [6.07, 6.45) is 1.72. The maximum absolute atomic E-state index is 12.6. The van der Waals surface area contributed by atoms with Crippen molar-refractivity contribution in [1.82, 2.24) is 10.3 Å². The van der Waals surface area contributed by atoms with Gasteiger partial charge in [0.1, 0.15) is 0 Å². The molecule has 0 aliphatic heterocycles. The van der Waals surface area contributed by atoms with Gasteiger partial charge in [-0.25, -0.2) is 0 Å². The highest BCUT2D eigenvalue weighted by atomic mass is 35.5. The number of aromatic nitrogens is 1. The number of carbonyl (C=O) groups excluding carboxylic acids is 1. The molecule has 2 aromatic carbocycles. The van der Waals surface area contributed by atoms with Gasteiger partial charge in [0.15, 0.2) is 0 Å². The van der Waals surface area contributed by atoms with E-state index in [2.05, 4.69) is 10.3 Å². The van der Waals surface area contributed by atoms with E-state index >= 15 is 0 Å². The molecule has 1 heterocycles. The predicted octanol–water partition coefficient (Wildman–Crippen LogP) is 4.79. The van der Waals surface area contributed by atoms with Crippen molar-refractivity contribution in [3.63, 3.8) is 0 Å². The average Bonchev–Trinajstić information content (AvgIpc) is 2.68. The van der Waals surface area contributed by atoms with Crippen LogP contribution in [0.2, 0.25) is 10.0 Å². The number of pyridine rings is 1. The molecule has 27 heavy (non-hydrogen) atoms. The second kappa shape index (κ2) is 8.53. The molecule has 0 saturated carbocycles. The molecule has 1 amide bonds. The van der Waals surface area contributed by atoms with E-state index < -0.39 is 0 Å². The van der Waals surface area contributed by atoms with Gasteiger partial charge in [-0.1, -0.05) is 29.3 Å². The molecule has 0 radical (unpaired) electrons. The fourth-order valence-corrected chi connectivity index (χ4v) is 3.06. The Morgan fingerprint density at radius 3 is 2.52 bits per heavy atom. The molecule has 4 nitrogen and oxygen atoms in total. The zero-order valence-electron chi connectivity index (χ0n) is 14.7. The van der Waals surface area contributed by atoms with E-state index in [0.717, 1.165) is 22.4 Å². The quantitative estimate of drug-likeness (QED) is 0.647. The van der Waals surface area contributed by atoms with Crippen LogP contribution >= 0.6 is 23.2 Å². The van der Waals surface area contributed by atoms with Gasteiger partial charge < -0.3 is 10.4 Å². The van der Waals surface area contributed by atoms with Crippen LogP contribution in [0.15, 0.2) is 54.7 Å². The van der Waals surface area contributed by atoms with Crippen LogP contribution in [0.25, 0.3) is 11.1 Å². The second-order valence-corrected chi connectivity index (χ2v) is 7.01. The maximum Gasteiger partial charge on any atom is 0.251 e. The molecule has 1 aromatic heterocycles. The summed E-state index contributed by atoms with van der Waals surface area (Å²) in [5.41, 5.74) is 4.67. The molecule has 0 saturated heterocycles. The molecule has 0 unspecified atom stereocenters. The van der Waals surface area contributed by atoms with Crippen molar-refractivity contribution in [2.24, 2.45) is 0 Å². The van der Waals surface area contributed by atoms with E-state index in [1.54, 1.807) is 30.5 Å². The first-order valence-electron chi connectivity index (χ1n) is 8.36. The Bertz CT molecular complexity index is 990. The predicted molar refractivity (Wildman–Crippen MR) is 108 cm³/mol. The summed E-state index contributed by atoms with van der Waals surface area (Å²) >= 11 is 11.9. The van der Waals surface area contributed by atoms with E-state index in [0.29, 0.717) is 27.7 Å². The lowest BCUT2D eigenvalue weighted by Gasteiger charge is -2.11. The highest BCUT2D eigenvalue weighted by molar-refractivity contribution is 6.42. The Balaban J connectivity index is 1.83. The molecule has 0 spiro atoms. The van der Waals surface area contributed by atoms with Gasteiger partial charge in [-0.05, 0) is 71.6 Å². The van der Waals surface area contributed by atoms with E-state index in [9.17, 15) is 9.90 Å². The molecular weight excluding hydrogens is 383 g/mol. The molecule has 0 aliphatic rings. The average molecular weight is 401 g/mol. The Morgan fingerprint density at radius 1 is 1.00 bits per heavy atom. The van der Waals surface area contributed by atoms with Crippen LogP contribution in [0.3, 0.4) is 0 Å². The molecule has 3 rings (SSSR count). The van der Waals surface area contributed by atoms with Gasteiger partial charge >= 0.3 is 0 Å². The molecular formula is C21H18Cl2N2O2. The summed E-state index contributed by atoms with van der Waals surface area (Å²) < 4.78 is 0. The maximum atomic E-state index is 12.6. The highest BCUT2D eigenvalue weighted by Crippen LogP contribution is 2.24. The molecule has 0 bridgehead atoms. The fraction of sp³-hybridized carbons (Fsp3) is 0.143. The number of hydrogen-bond donors (Lipinski definition) is 2. The number of carbonyl (C=O) groups is 1. The third-order valence-corrected chi connectivity index (χ3v) is 4.84. The first kappa shape index (κ1) is 19.4. The standard InChI is InChI=1S/C21H18Cl2N2O2/c1-13-6-16(4-5-24-13)17-7-15(12-26)8-18(10-17)21(27)25-11-14-2-3-19(22)20(23)9-14/h2-10,26H,11-12H2,1H3,(H,25,27). The number of nitrogens with zero attached hydrogens (tertiary/aromatic N) is 1. The lowest BCUT2D eigenvalue weighted by atomic mass is 9.99. The lowest BCUT2D eigenvalue weighted by molar-refractivity contribution is 0.0951. The Hall–Kier alpha value is -2.40.